The van der Waals surface area contributed by atoms with Crippen LogP contribution in [0.5, 0.6) is 5.75 Å². The van der Waals surface area contributed by atoms with Gasteiger partial charge in [-0.3, -0.25) is 9.59 Å². The molecule has 2 aromatic carbocycles. The van der Waals surface area contributed by atoms with Crippen molar-refractivity contribution in [3.63, 3.8) is 0 Å². The second-order valence-corrected chi connectivity index (χ2v) is 6.98. The normalized spacial score (nSPS) is 10.8. The van der Waals surface area contributed by atoms with Crippen LogP contribution >= 0.6 is 11.5 Å². The molecule has 0 radical (unpaired) electrons. The topological polar surface area (TPSA) is 94.3 Å². The van der Waals surface area contributed by atoms with Crippen molar-refractivity contribution in [2.45, 2.75) is 13.8 Å². The molecule has 2 aromatic heterocycles. The number of carbonyl (C=O) groups is 2. The first-order valence-corrected chi connectivity index (χ1v) is 9.75. The summed E-state index contributed by atoms with van der Waals surface area (Å²) < 4.78 is 15.0. The molecule has 1 N–H and O–H groups in total. The SMILES string of the molecule is CCOc1ccc(C(=O)c2oc3ccccc3c2NC(=O)c2snnc2C)cc1. The Kier molecular flexibility index (Phi) is 5.09. The number of fused-ring (bicyclic) bond motifs is 1. The van der Waals surface area contributed by atoms with Crippen LogP contribution in [0, 0.1) is 6.92 Å². The summed E-state index contributed by atoms with van der Waals surface area (Å²) >= 11 is 0.999. The Bertz CT molecular complexity index is 1190. The lowest BCUT2D eigenvalue weighted by Gasteiger charge is -2.06. The van der Waals surface area contributed by atoms with Crippen LogP contribution in [-0.4, -0.2) is 27.9 Å². The van der Waals surface area contributed by atoms with Crippen LogP contribution < -0.4 is 10.1 Å². The first kappa shape index (κ1) is 18.8. The quantitative estimate of drug-likeness (QED) is 0.474. The van der Waals surface area contributed by atoms with Gasteiger partial charge in [0.15, 0.2) is 5.76 Å². The van der Waals surface area contributed by atoms with Crippen molar-refractivity contribution in [2.75, 3.05) is 11.9 Å². The number of aryl methyl sites for hydroxylation is 1. The van der Waals surface area contributed by atoms with E-state index in [9.17, 15) is 9.59 Å². The van der Waals surface area contributed by atoms with E-state index in [0.29, 0.717) is 45.1 Å². The lowest BCUT2D eigenvalue weighted by molar-refractivity contribution is 0.101. The van der Waals surface area contributed by atoms with Crippen LogP contribution in [0.15, 0.2) is 52.9 Å². The van der Waals surface area contributed by atoms with Gasteiger partial charge in [0.2, 0.25) is 5.78 Å². The average molecular weight is 407 g/mol. The second kappa shape index (κ2) is 7.84. The van der Waals surface area contributed by atoms with Crippen LogP contribution in [0.25, 0.3) is 11.0 Å². The van der Waals surface area contributed by atoms with Gasteiger partial charge in [-0.15, -0.1) is 5.10 Å². The van der Waals surface area contributed by atoms with Crippen molar-refractivity contribution in [1.82, 2.24) is 9.59 Å². The van der Waals surface area contributed by atoms with Crippen LogP contribution in [0.3, 0.4) is 0 Å². The smallest absolute Gasteiger partial charge is 0.269 e. The number of nitrogens with one attached hydrogen (secondary N) is 1. The molecule has 0 aliphatic carbocycles. The number of carbonyl (C=O) groups excluding carboxylic acids is 2. The number of rotatable bonds is 6. The third kappa shape index (κ3) is 3.62. The maximum Gasteiger partial charge on any atom is 0.269 e. The van der Waals surface area contributed by atoms with E-state index in [0.717, 1.165) is 11.5 Å². The maximum atomic E-state index is 13.1. The number of ketones is 1. The van der Waals surface area contributed by atoms with Crippen molar-refractivity contribution in [2.24, 2.45) is 0 Å². The van der Waals surface area contributed by atoms with E-state index in [1.807, 2.05) is 13.0 Å². The largest absolute Gasteiger partial charge is 0.494 e. The lowest BCUT2D eigenvalue weighted by atomic mass is 10.1. The molecule has 0 atom stereocenters. The summed E-state index contributed by atoms with van der Waals surface area (Å²) in [6.07, 6.45) is 0. The highest BCUT2D eigenvalue weighted by molar-refractivity contribution is 7.08. The summed E-state index contributed by atoms with van der Waals surface area (Å²) in [6, 6.07) is 14.0. The summed E-state index contributed by atoms with van der Waals surface area (Å²) in [7, 11) is 0. The Morgan fingerprint density at radius 1 is 1.14 bits per heavy atom. The summed E-state index contributed by atoms with van der Waals surface area (Å²) in [5.41, 5.74) is 1.80. The Morgan fingerprint density at radius 3 is 2.59 bits per heavy atom. The molecular formula is C21H17N3O4S. The van der Waals surface area contributed by atoms with Gasteiger partial charge in [0.05, 0.1) is 18.0 Å². The van der Waals surface area contributed by atoms with E-state index >= 15 is 0 Å². The second-order valence-electron chi connectivity index (χ2n) is 6.23. The number of benzene rings is 2. The molecule has 4 rings (SSSR count). The highest BCUT2D eigenvalue weighted by Crippen LogP contribution is 2.33. The fourth-order valence-corrected chi connectivity index (χ4v) is 3.49. The zero-order valence-corrected chi connectivity index (χ0v) is 16.6. The van der Waals surface area contributed by atoms with Crippen LogP contribution in [0.4, 0.5) is 5.69 Å². The van der Waals surface area contributed by atoms with Crippen LogP contribution in [0.1, 0.15) is 38.4 Å². The zero-order chi connectivity index (χ0) is 20.4. The molecule has 0 fully saturated rings. The number of anilines is 1. The van der Waals surface area contributed by atoms with Crippen LogP contribution in [-0.2, 0) is 0 Å². The van der Waals surface area contributed by atoms with Gasteiger partial charge in [-0.1, -0.05) is 16.6 Å². The summed E-state index contributed by atoms with van der Waals surface area (Å²) in [6.45, 7) is 4.14. The first-order chi connectivity index (χ1) is 14.1. The van der Waals surface area contributed by atoms with E-state index in [1.54, 1.807) is 49.4 Å². The number of amides is 1. The number of aromatic nitrogens is 2. The average Bonchev–Trinajstić information content (AvgIpc) is 3.32. The van der Waals surface area contributed by atoms with Gasteiger partial charge in [-0.05, 0) is 61.8 Å². The highest BCUT2D eigenvalue weighted by atomic mass is 32.1. The maximum absolute atomic E-state index is 13.1. The van der Waals surface area contributed by atoms with Crippen molar-refractivity contribution in [3.05, 3.63) is 70.4 Å². The molecule has 7 nitrogen and oxygen atoms in total. The monoisotopic (exact) mass is 407 g/mol. The molecule has 0 bridgehead atoms. The highest BCUT2D eigenvalue weighted by Gasteiger charge is 2.25. The molecule has 0 spiro atoms. The minimum absolute atomic E-state index is 0.0684. The van der Waals surface area contributed by atoms with Gasteiger partial charge in [-0.25, -0.2) is 0 Å². The van der Waals surface area contributed by atoms with Crippen molar-refractivity contribution >= 4 is 39.9 Å². The molecule has 1 amide bonds. The molecule has 2 heterocycles. The number of nitrogens with zero attached hydrogens (tertiary/aromatic N) is 2. The third-order valence-corrected chi connectivity index (χ3v) is 5.15. The fraction of sp³-hybridized carbons (Fsp3) is 0.143. The Morgan fingerprint density at radius 2 is 1.90 bits per heavy atom. The molecule has 0 saturated carbocycles. The summed E-state index contributed by atoms with van der Waals surface area (Å²) in [5.74, 6) is 0.0256. The van der Waals surface area contributed by atoms with E-state index in [2.05, 4.69) is 14.9 Å². The summed E-state index contributed by atoms with van der Waals surface area (Å²) in [4.78, 5) is 26.2. The molecule has 4 aromatic rings. The van der Waals surface area contributed by atoms with E-state index in [-0.39, 0.29) is 17.5 Å². The van der Waals surface area contributed by atoms with Gasteiger partial charge in [0, 0.05) is 10.9 Å². The van der Waals surface area contributed by atoms with Gasteiger partial charge in [0.1, 0.15) is 16.2 Å². The van der Waals surface area contributed by atoms with E-state index in [1.165, 1.54) is 0 Å². The number of hydrogen-bond donors (Lipinski definition) is 1. The zero-order valence-electron chi connectivity index (χ0n) is 15.8. The summed E-state index contributed by atoms with van der Waals surface area (Å²) in [5, 5.41) is 7.32. The Balaban J connectivity index is 1.74. The van der Waals surface area contributed by atoms with Gasteiger partial charge < -0.3 is 14.5 Å². The first-order valence-electron chi connectivity index (χ1n) is 8.98. The van der Waals surface area contributed by atoms with E-state index < -0.39 is 0 Å². The molecule has 29 heavy (non-hydrogen) atoms. The molecule has 0 unspecified atom stereocenters. The van der Waals surface area contributed by atoms with Crippen molar-refractivity contribution < 1.29 is 18.7 Å². The Hall–Kier alpha value is -3.52. The number of ether oxygens (including phenoxy) is 1. The number of furan rings is 1. The van der Waals surface area contributed by atoms with Crippen molar-refractivity contribution in [3.8, 4) is 5.75 Å². The van der Waals surface area contributed by atoms with Gasteiger partial charge in [0.25, 0.3) is 5.91 Å². The molecule has 8 heteroatoms. The third-order valence-electron chi connectivity index (χ3n) is 4.33. The molecule has 0 aliphatic heterocycles. The van der Waals surface area contributed by atoms with E-state index in [4.69, 9.17) is 9.15 Å². The molecule has 0 saturated heterocycles. The standard InChI is InChI=1S/C21H17N3O4S/c1-3-27-14-10-8-13(9-11-14)18(25)19-17(15-6-4-5-7-16(15)28-19)22-21(26)20-12(2)23-24-29-20/h4-11H,3H2,1-2H3,(H,22,26). The molecule has 146 valence electrons. The van der Waals surface area contributed by atoms with Gasteiger partial charge >= 0.3 is 0 Å². The lowest BCUT2D eigenvalue weighted by Crippen LogP contribution is -2.14. The predicted octanol–water partition coefficient (Wildman–Crippen LogP) is 4.47. The minimum Gasteiger partial charge on any atom is -0.494 e. The number of hydrogen-bond acceptors (Lipinski definition) is 7. The number of para-hydroxylation sites is 1. The molecular weight excluding hydrogens is 390 g/mol. The van der Waals surface area contributed by atoms with Crippen molar-refractivity contribution in [1.29, 1.82) is 0 Å². The fourth-order valence-electron chi connectivity index (χ4n) is 2.94. The minimum atomic E-state index is -0.384. The van der Waals surface area contributed by atoms with Crippen LogP contribution in [0.2, 0.25) is 0 Å². The van der Waals surface area contributed by atoms with Gasteiger partial charge in [-0.2, -0.15) is 0 Å². The predicted molar refractivity (Wildman–Crippen MR) is 110 cm³/mol. The molecule has 0 aliphatic rings. The Labute approximate surface area is 170 Å².